The summed E-state index contributed by atoms with van der Waals surface area (Å²) in [5, 5.41) is 3.75. The summed E-state index contributed by atoms with van der Waals surface area (Å²) >= 11 is 3.47. The van der Waals surface area contributed by atoms with Gasteiger partial charge in [-0.1, -0.05) is 34.5 Å². The number of rotatable bonds is 5. The van der Waals surface area contributed by atoms with Gasteiger partial charge in [-0.15, -0.1) is 0 Å². The summed E-state index contributed by atoms with van der Waals surface area (Å²) < 4.78 is 1.14. The summed E-state index contributed by atoms with van der Waals surface area (Å²) in [6, 6.07) is 9.75. The van der Waals surface area contributed by atoms with E-state index < -0.39 is 0 Å². The first kappa shape index (κ1) is 14.0. The first-order valence-electron chi connectivity index (χ1n) is 6.89. The molecule has 0 radical (unpaired) electrons. The SMILES string of the molecule is CC(Cc1ccc(Br)cc1)NC1CCCC1CN. The first-order valence-corrected chi connectivity index (χ1v) is 7.69. The van der Waals surface area contributed by atoms with E-state index in [1.54, 1.807) is 0 Å². The van der Waals surface area contributed by atoms with Gasteiger partial charge in [0.2, 0.25) is 0 Å². The molecule has 0 amide bonds. The molecule has 1 fully saturated rings. The Labute approximate surface area is 118 Å². The maximum atomic E-state index is 5.82. The van der Waals surface area contributed by atoms with Gasteiger partial charge in [-0.3, -0.25) is 0 Å². The molecule has 1 aliphatic carbocycles. The molecular weight excluding hydrogens is 288 g/mol. The molecule has 100 valence electrons. The molecule has 0 aromatic heterocycles. The molecular formula is C15H23BrN2. The minimum absolute atomic E-state index is 0.517. The topological polar surface area (TPSA) is 38.0 Å². The molecule has 0 bridgehead atoms. The molecule has 3 atom stereocenters. The summed E-state index contributed by atoms with van der Waals surface area (Å²) in [6.07, 6.45) is 4.98. The van der Waals surface area contributed by atoms with Crippen molar-refractivity contribution in [2.45, 2.75) is 44.7 Å². The lowest BCUT2D eigenvalue weighted by Gasteiger charge is -2.24. The van der Waals surface area contributed by atoms with Crippen LogP contribution in [-0.2, 0) is 6.42 Å². The van der Waals surface area contributed by atoms with Gasteiger partial charge in [0.05, 0.1) is 0 Å². The summed E-state index contributed by atoms with van der Waals surface area (Å²) in [7, 11) is 0. The summed E-state index contributed by atoms with van der Waals surface area (Å²) in [6.45, 7) is 3.09. The highest BCUT2D eigenvalue weighted by molar-refractivity contribution is 9.10. The number of halogens is 1. The normalized spacial score (nSPS) is 25.3. The largest absolute Gasteiger partial charge is 0.330 e. The van der Waals surface area contributed by atoms with E-state index in [1.807, 2.05) is 0 Å². The molecule has 1 aliphatic rings. The predicted octanol–water partition coefficient (Wildman–Crippen LogP) is 3.10. The quantitative estimate of drug-likeness (QED) is 0.877. The fourth-order valence-electron chi connectivity index (χ4n) is 2.94. The van der Waals surface area contributed by atoms with Gasteiger partial charge < -0.3 is 11.1 Å². The van der Waals surface area contributed by atoms with Gasteiger partial charge >= 0.3 is 0 Å². The lowest BCUT2D eigenvalue weighted by Crippen LogP contribution is -2.42. The molecule has 3 heteroatoms. The molecule has 2 nitrogen and oxygen atoms in total. The van der Waals surface area contributed by atoms with Crippen LogP contribution in [0.2, 0.25) is 0 Å². The van der Waals surface area contributed by atoms with Crippen molar-refractivity contribution in [1.82, 2.24) is 5.32 Å². The van der Waals surface area contributed by atoms with Crippen molar-refractivity contribution in [2.24, 2.45) is 11.7 Å². The highest BCUT2D eigenvalue weighted by Crippen LogP contribution is 2.25. The van der Waals surface area contributed by atoms with E-state index in [0.717, 1.165) is 17.4 Å². The third kappa shape index (κ3) is 3.81. The van der Waals surface area contributed by atoms with E-state index >= 15 is 0 Å². The minimum atomic E-state index is 0.517. The zero-order valence-corrected chi connectivity index (χ0v) is 12.6. The molecule has 18 heavy (non-hydrogen) atoms. The van der Waals surface area contributed by atoms with E-state index in [9.17, 15) is 0 Å². The van der Waals surface area contributed by atoms with Crippen LogP contribution in [0.4, 0.5) is 0 Å². The van der Waals surface area contributed by atoms with Gasteiger partial charge in [0, 0.05) is 16.6 Å². The third-order valence-electron chi connectivity index (χ3n) is 3.92. The van der Waals surface area contributed by atoms with Crippen molar-refractivity contribution in [3.05, 3.63) is 34.3 Å². The molecule has 0 spiro atoms. The Balaban J connectivity index is 1.84. The first-order chi connectivity index (χ1) is 8.69. The zero-order valence-electron chi connectivity index (χ0n) is 11.0. The van der Waals surface area contributed by atoms with Crippen LogP contribution in [0.1, 0.15) is 31.7 Å². The summed E-state index contributed by atoms with van der Waals surface area (Å²) in [5.41, 5.74) is 7.21. The number of hydrogen-bond acceptors (Lipinski definition) is 2. The van der Waals surface area contributed by atoms with Crippen LogP contribution in [0.3, 0.4) is 0 Å². The van der Waals surface area contributed by atoms with E-state index in [-0.39, 0.29) is 0 Å². The predicted molar refractivity (Wildman–Crippen MR) is 80.6 cm³/mol. The number of nitrogens with two attached hydrogens (primary N) is 1. The van der Waals surface area contributed by atoms with Crippen molar-refractivity contribution >= 4 is 15.9 Å². The Morgan fingerprint density at radius 3 is 2.72 bits per heavy atom. The number of benzene rings is 1. The zero-order chi connectivity index (χ0) is 13.0. The molecule has 0 heterocycles. The monoisotopic (exact) mass is 310 g/mol. The molecule has 1 saturated carbocycles. The Bertz CT molecular complexity index is 363. The fourth-order valence-corrected chi connectivity index (χ4v) is 3.20. The van der Waals surface area contributed by atoms with Crippen molar-refractivity contribution in [2.75, 3.05) is 6.54 Å². The summed E-state index contributed by atoms with van der Waals surface area (Å²) in [4.78, 5) is 0. The highest BCUT2D eigenvalue weighted by atomic mass is 79.9. The van der Waals surface area contributed by atoms with E-state index in [0.29, 0.717) is 18.0 Å². The van der Waals surface area contributed by atoms with Crippen LogP contribution in [0, 0.1) is 5.92 Å². The van der Waals surface area contributed by atoms with Gasteiger partial charge in [-0.25, -0.2) is 0 Å². The minimum Gasteiger partial charge on any atom is -0.330 e. The van der Waals surface area contributed by atoms with Crippen LogP contribution >= 0.6 is 15.9 Å². The highest BCUT2D eigenvalue weighted by Gasteiger charge is 2.26. The van der Waals surface area contributed by atoms with Crippen molar-refractivity contribution in [3.8, 4) is 0 Å². The van der Waals surface area contributed by atoms with Crippen LogP contribution in [0.15, 0.2) is 28.7 Å². The Morgan fingerprint density at radius 1 is 1.33 bits per heavy atom. The molecule has 0 aliphatic heterocycles. The van der Waals surface area contributed by atoms with Gasteiger partial charge in [-0.2, -0.15) is 0 Å². The molecule has 3 unspecified atom stereocenters. The van der Waals surface area contributed by atoms with Crippen molar-refractivity contribution in [3.63, 3.8) is 0 Å². The van der Waals surface area contributed by atoms with Crippen molar-refractivity contribution < 1.29 is 0 Å². The standard InChI is InChI=1S/C15H23BrN2/c1-11(9-12-5-7-14(16)8-6-12)18-15-4-2-3-13(15)10-17/h5-8,11,13,15,18H,2-4,9-10,17H2,1H3. The Kier molecular flexibility index (Phi) is 5.22. The lowest BCUT2D eigenvalue weighted by molar-refractivity contribution is 0.368. The Hall–Kier alpha value is -0.380. The second-order valence-corrected chi connectivity index (χ2v) is 6.35. The van der Waals surface area contributed by atoms with Gasteiger partial charge in [-0.05, 0) is 56.3 Å². The average Bonchev–Trinajstić information content (AvgIpc) is 2.79. The molecule has 2 rings (SSSR count). The maximum Gasteiger partial charge on any atom is 0.0175 e. The molecule has 1 aromatic rings. The second kappa shape index (κ2) is 6.69. The van der Waals surface area contributed by atoms with Gasteiger partial charge in [0.15, 0.2) is 0 Å². The van der Waals surface area contributed by atoms with Gasteiger partial charge in [0.25, 0.3) is 0 Å². The van der Waals surface area contributed by atoms with Gasteiger partial charge in [0.1, 0.15) is 0 Å². The Morgan fingerprint density at radius 2 is 2.06 bits per heavy atom. The molecule has 3 N–H and O–H groups in total. The average molecular weight is 311 g/mol. The third-order valence-corrected chi connectivity index (χ3v) is 4.44. The van der Waals surface area contributed by atoms with Crippen molar-refractivity contribution in [1.29, 1.82) is 0 Å². The van der Waals surface area contributed by atoms with Crippen LogP contribution < -0.4 is 11.1 Å². The maximum absolute atomic E-state index is 5.82. The van der Waals surface area contributed by atoms with Crippen LogP contribution in [0.5, 0.6) is 0 Å². The smallest absolute Gasteiger partial charge is 0.0175 e. The number of hydrogen-bond donors (Lipinski definition) is 2. The fraction of sp³-hybridized carbons (Fsp3) is 0.600. The molecule has 0 saturated heterocycles. The second-order valence-electron chi connectivity index (χ2n) is 5.43. The van der Waals surface area contributed by atoms with E-state index in [4.69, 9.17) is 5.73 Å². The lowest BCUT2D eigenvalue weighted by atomic mass is 10.0. The number of nitrogens with one attached hydrogen (secondary N) is 1. The van der Waals surface area contributed by atoms with E-state index in [1.165, 1.54) is 24.8 Å². The summed E-state index contributed by atoms with van der Waals surface area (Å²) in [5.74, 6) is 0.678. The van der Waals surface area contributed by atoms with E-state index in [2.05, 4.69) is 52.4 Å². The van der Waals surface area contributed by atoms with Crippen LogP contribution in [0.25, 0.3) is 0 Å². The molecule has 1 aromatic carbocycles. The van der Waals surface area contributed by atoms with Crippen LogP contribution in [-0.4, -0.2) is 18.6 Å².